The van der Waals surface area contributed by atoms with Gasteiger partial charge >= 0.3 is 0 Å². The number of ether oxygens (including phenoxy) is 2. The molecule has 0 radical (unpaired) electrons. The van der Waals surface area contributed by atoms with Gasteiger partial charge < -0.3 is 15.2 Å². The average Bonchev–Trinajstić information content (AvgIpc) is 2.50. The van der Waals surface area contributed by atoms with Gasteiger partial charge in [0.25, 0.3) is 0 Å². The summed E-state index contributed by atoms with van der Waals surface area (Å²) in [5.41, 5.74) is 5.65. The third-order valence-electron chi connectivity index (χ3n) is 3.20. The maximum atomic E-state index is 12.4. The topological polar surface area (TPSA) is 90.6 Å². The molecule has 0 saturated carbocycles. The highest BCUT2D eigenvalue weighted by atomic mass is 35.5. The van der Waals surface area contributed by atoms with E-state index in [9.17, 15) is 8.42 Å². The van der Waals surface area contributed by atoms with Gasteiger partial charge in [0.15, 0.2) is 0 Å². The molecule has 1 aromatic carbocycles. The zero-order valence-corrected chi connectivity index (χ0v) is 16.2. The van der Waals surface area contributed by atoms with Gasteiger partial charge in [-0.15, -0.1) is 12.4 Å². The number of halogens is 1. The summed E-state index contributed by atoms with van der Waals surface area (Å²) < 4.78 is 38.0. The molecule has 0 aliphatic carbocycles. The first-order valence-corrected chi connectivity index (χ1v) is 9.40. The van der Waals surface area contributed by atoms with Crippen LogP contribution in [0.15, 0.2) is 29.2 Å². The van der Waals surface area contributed by atoms with E-state index in [0.717, 1.165) is 0 Å². The van der Waals surface area contributed by atoms with Gasteiger partial charge in [-0.2, -0.15) is 0 Å². The summed E-state index contributed by atoms with van der Waals surface area (Å²) in [6, 6.07) is 6.07. The molecular weight excluding hydrogens is 352 g/mol. The molecule has 0 heterocycles. The molecular formula is C16H29ClN2O4S. The molecule has 24 heavy (non-hydrogen) atoms. The van der Waals surface area contributed by atoms with Crippen LogP contribution in [0.2, 0.25) is 0 Å². The molecule has 1 atom stereocenters. The van der Waals surface area contributed by atoms with Crippen molar-refractivity contribution in [3.05, 3.63) is 24.3 Å². The average molecular weight is 381 g/mol. The molecule has 1 rings (SSSR count). The van der Waals surface area contributed by atoms with Crippen LogP contribution >= 0.6 is 12.4 Å². The predicted octanol–water partition coefficient (Wildman–Crippen LogP) is 2.18. The van der Waals surface area contributed by atoms with Gasteiger partial charge in [0.05, 0.1) is 11.5 Å². The normalized spacial score (nSPS) is 12.7. The van der Waals surface area contributed by atoms with Gasteiger partial charge in [0.2, 0.25) is 10.0 Å². The summed E-state index contributed by atoms with van der Waals surface area (Å²) in [4.78, 5) is 0.205. The van der Waals surface area contributed by atoms with Gasteiger partial charge in [0, 0.05) is 19.2 Å². The lowest BCUT2D eigenvalue weighted by atomic mass is 10.1. The monoisotopic (exact) mass is 380 g/mol. The maximum absolute atomic E-state index is 12.4. The SMILES string of the molecule is CCOCCOc1ccc(S(=O)(=O)NC(CN)CC(C)C)cc1.Cl. The van der Waals surface area contributed by atoms with E-state index >= 15 is 0 Å². The van der Waals surface area contributed by atoms with E-state index in [-0.39, 0.29) is 29.9 Å². The van der Waals surface area contributed by atoms with Crippen molar-refractivity contribution in [1.82, 2.24) is 4.72 Å². The highest BCUT2D eigenvalue weighted by Crippen LogP contribution is 2.17. The second kappa shape index (κ2) is 11.7. The van der Waals surface area contributed by atoms with E-state index < -0.39 is 10.0 Å². The Hall–Kier alpha value is -0.860. The Morgan fingerprint density at radius 1 is 1.17 bits per heavy atom. The molecule has 0 spiro atoms. The van der Waals surface area contributed by atoms with E-state index in [4.69, 9.17) is 15.2 Å². The third kappa shape index (κ3) is 8.30. The molecule has 8 heteroatoms. The molecule has 0 bridgehead atoms. The van der Waals surface area contributed by atoms with Crippen molar-refractivity contribution >= 4 is 22.4 Å². The summed E-state index contributed by atoms with van der Waals surface area (Å²) in [5.74, 6) is 0.980. The van der Waals surface area contributed by atoms with Crippen molar-refractivity contribution in [2.75, 3.05) is 26.4 Å². The maximum Gasteiger partial charge on any atom is 0.240 e. The minimum Gasteiger partial charge on any atom is -0.491 e. The second-order valence-electron chi connectivity index (χ2n) is 5.70. The zero-order chi connectivity index (χ0) is 17.3. The summed E-state index contributed by atoms with van der Waals surface area (Å²) in [6.45, 7) is 7.84. The van der Waals surface area contributed by atoms with E-state index in [2.05, 4.69) is 4.72 Å². The number of hydrogen-bond donors (Lipinski definition) is 2. The fourth-order valence-electron chi connectivity index (χ4n) is 2.13. The number of sulfonamides is 1. The Labute approximate surface area is 151 Å². The summed E-state index contributed by atoms with van der Waals surface area (Å²) in [7, 11) is -3.57. The first kappa shape index (κ1) is 23.1. The van der Waals surface area contributed by atoms with E-state index in [1.54, 1.807) is 12.1 Å². The lowest BCUT2D eigenvalue weighted by Crippen LogP contribution is -2.40. The molecule has 140 valence electrons. The van der Waals surface area contributed by atoms with Gasteiger partial charge in [-0.1, -0.05) is 13.8 Å². The highest BCUT2D eigenvalue weighted by Gasteiger charge is 2.20. The Morgan fingerprint density at radius 2 is 1.79 bits per heavy atom. The number of nitrogens with two attached hydrogens (primary N) is 1. The first-order valence-electron chi connectivity index (χ1n) is 7.92. The minimum atomic E-state index is -3.57. The lowest BCUT2D eigenvalue weighted by molar-refractivity contribution is 0.110. The minimum absolute atomic E-state index is 0. The van der Waals surface area contributed by atoms with Gasteiger partial charge in [-0.05, 0) is 43.5 Å². The molecule has 1 unspecified atom stereocenters. The fraction of sp³-hybridized carbons (Fsp3) is 0.625. The highest BCUT2D eigenvalue weighted by molar-refractivity contribution is 7.89. The lowest BCUT2D eigenvalue weighted by Gasteiger charge is -2.19. The molecule has 6 nitrogen and oxygen atoms in total. The Kier molecular flexibility index (Phi) is 11.2. The van der Waals surface area contributed by atoms with Crippen molar-refractivity contribution in [3.63, 3.8) is 0 Å². The molecule has 1 aromatic rings. The number of rotatable bonds is 11. The van der Waals surface area contributed by atoms with E-state index in [1.807, 2.05) is 20.8 Å². The van der Waals surface area contributed by atoms with Crippen LogP contribution in [0.25, 0.3) is 0 Å². The van der Waals surface area contributed by atoms with Crippen molar-refractivity contribution in [2.24, 2.45) is 11.7 Å². The largest absolute Gasteiger partial charge is 0.491 e. The summed E-state index contributed by atoms with van der Waals surface area (Å²) >= 11 is 0. The summed E-state index contributed by atoms with van der Waals surface area (Å²) in [5, 5.41) is 0. The number of hydrogen-bond acceptors (Lipinski definition) is 5. The number of benzene rings is 1. The van der Waals surface area contributed by atoms with Crippen LogP contribution in [0.3, 0.4) is 0 Å². The smallest absolute Gasteiger partial charge is 0.240 e. The van der Waals surface area contributed by atoms with Crippen LogP contribution in [0.1, 0.15) is 27.2 Å². The Balaban J connectivity index is 0.00000529. The fourth-order valence-corrected chi connectivity index (χ4v) is 3.39. The Bertz CT molecular complexity index is 550. The van der Waals surface area contributed by atoms with Crippen LogP contribution in [-0.2, 0) is 14.8 Å². The van der Waals surface area contributed by atoms with Crippen molar-refractivity contribution in [3.8, 4) is 5.75 Å². The van der Waals surface area contributed by atoms with Crippen LogP contribution in [-0.4, -0.2) is 40.8 Å². The molecule has 0 aromatic heterocycles. The van der Waals surface area contributed by atoms with Crippen LogP contribution in [0.4, 0.5) is 0 Å². The van der Waals surface area contributed by atoms with Crippen molar-refractivity contribution in [1.29, 1.82) is 0 Å². The second-order valence-corrected chi connectivity index (χ2v) is 7.41. The van der Waals surface area contributed by atoms with Gasteiger partial charge in [-0.25, -0.2) is 13.1 Å². The molecule has 0 aliphatic heterocycles. The number of nitrogens with one attached hydrogen (secondary N) is 1. The van der Waals surface area contributed by atoms with E-state index in [1.165, 1.54) is 12.1 Å². The molecule has 0 fully saturated rings. The van der Waals surface area contributed by atoms with E-state index in [0.29, 0.717) is 37.9 Å². The first-order chi connectivity index (χ1) is 10.9. The van der Waals surface area contributed by atoms with Gasteiger partial charge in [-0.3, -0.25) is 0 Å². The zero-order valence-electron chi connectivity index (χ0n) is 14.5. The van der Waals surface area contributed by atoms with Crippen LogP contribution < -0.4 is 15.2 Å². The molecule has 0 amide bonds. The quantitative estimate of drug-likeness (QED) is 0.574. The summed E-state index contributed by atoms with van der Waals surface area (Å²) in [6.07, 6.45) is 0.703. The standard InChI is InChI=1S/C16H28N2O4S.ClH/c1-4-21-9-10-22-15-5-7-16(8-6-15)23(19,20)18-14(12-17)11-13(2)3;/h5-8,13-14,18H,4,9-12,17H2,1-3H3;1H. The molecule has 0 saturated heterocycles. The predicted molar refractivity (Wildman–Crippen MR) is 98.3 cm³/mol. The van der Waals surface area contributed by atoms with Crippen molar-refractivity contribution < 1.29 is 17.9 Å². The third-order valence-corrected chi connectivity index (χ3v) is 4.73. The van der Waals surface area contributed by atoms with Crippen LogP contribution in [0.5, 0.6) is 5.75 Å². The van der Waals surface area contributed by atoms with Crippen LogP contribution in [0, 0.1) is 5.92 Å². The van der Waals surface area contributed by atoms with Crippen molar-refractivity contribution in [2.45, 2.75) is 38.1 Å². The Morgan fingerprint density at radius 3 is 2.29 bits per heavy atom. The molecule has 0 aliphatic rings. The van der Waals surface area contributed by atoms with Gasteiger partial charge in [0.1, 0.15) is 12.4 Å². The molecule has 3 N–H and O–H groups in total.